The topological polar surface area (TPSA) is 52.6 Å². The van der Waals surface area contributed by atoms with Crippen molar-refractivity contribution in [3.8, 4) is 0 Å². The minimum Gasteiger partial charge on any atom is -0.303 e. The number of hydrogen-bond acceptors (Lipinski definition) is 3. The third-order valence-electron chi connectivity index (χ3n) is 3.06. The van der Waals surface area contributed by atoms with Gasteiger partial charge in [0.05, 0.1) is 0 Å². The highest BCUT2D eigenvalue weighted by molar-refractivity contribution is 5.74. The van der Waals surface area contributed by atoms with E-state index in [0.29, 0.717) is 6.42 Å². The molecule has 14 heavy (non-hydrogen) atoms. The highest BCUT2D eigenvalue weighted by Crippen LogP contribution is 2.19. The zero-order valence-corrected chi connectivity index (χ0v) is 8.83. The molecule has 4 heteroatoms. The van der Waals surface area contributed by atoms with Crippen molar-refractivity contribution < 1.29 is 10.0 Å². The van der Waals surface area contributed by atoms with E-state index in [1.165, 1.54) is 19.3 Å². The maximum atomic E-state index is 10.8. The van der Waals surface area contributed by atoms with Gasteiger partial charge in [-0.25, -0.2) is 5.48 Å². The fourth-order valence-electron chi connectivity index (χ4n) is 1.93. The average molecular weight is 200 g/mol. The van der Waals surface area contributed by atoms with E-state index in [0.717, 1.165) is 25.6 Å². The molecule has 0 aliphatic carbocycles. The molecule has 4 nitrogen and oxygen atoms in total. The number of nitrogens with one attached hydrogen (secondary N) is 1. The second-order valence-corrected chi connectivity index (χ2v) is 3.98. The summed E-state index contributed by atoms with van der Waals surface area (Å²) >= 11 is 0. The Morgan fingerprint density at radius 3 is 2.64 bits per heavy atom. The maximum absolute atomic E-state index is 10.8. The van der Waals surface area contributed by atoms with Crippen molar-refractivity contribution in [2.75, 3.05) is 19.6 Å². The highest BCUT2D eigenvalue weighted by Gasteiger charge is 2.17. The van der Waals surface area contributed by atoms with E-state index in [4.69, 9.17) is 5.21 Å². The van der Waals surface area contributed by atoms with Crippen LogP contribution in [0, 0.1) is 5.92 Å². The number of carbonyl (C=O) groups excluding carboxylic acids is 1. The molecule has 1 fully saturated rings. The van der Waals surface area contributed by atoms with E-state index in [-0.39, 0.29) is 5.91 Å². The fraction of sp³-hybridized carbons (Fsp3) is 0.900. The van der Waals surface area contributed by atoms with Crippen molar-refractivity contribution >= 4 is 5.91 Å². The predicted octanol–water partition coefficient (Wildman–Crippen LogP) is 1.00. The molecule has 0 aromatic heterocycles. The maximum Gasteiger partial charge on any atom is 0.244 e. The Balaban J connectivity index is 2.13. The first kappa shape index (κ1) is 11.5. The first-order valence-electron chi connectivity index (χ1n) is 5.41. The van der Waals surface area contributed by atoms with Gasteiger partial charge in [-0.1, -0.05) is 13.3 Å². The zero-order chi connectivity index (χ0) is 10.4. The van der Waals surface area contributed by atoms with Gasteiger partial charge in [-0.05, 0) is 31.8 Å². The van der Waals surface area contributed by atoms with Crippen LogP contribution < -0.4 is 5.48 Å². The minimum atomic E-state index is -0.289. The van der Waals surface area contributed by atoms with Crippen molar-refractivity contribution in [1.82, 2.24) is 10.4 Å². The Hall–Kier alpha value is -0.610. The molecule has 0 spiro atoms. The molecule has 0 unspecified atom stereocenters. The second-order valence-electron chi connectivity index (χ2n) is 3.98. The molecule has 0 saturated carbocycles. The van der Waals surface area contributed by atoms with Crippen LogP contribution >= 0.6 is 0 Å². The molecule has 82 valence electrons. The molecule has 1 aliphatic rings. The number of hydrogen-bond donors (Lipinski definition) is 2. The number of amides is 1. The SMILES string of the molecule is CCC1CCN(CCC(=O)NO)CC1. The van der Waals surface area contributed by atoms with Crippen LogP contribution in [0.3, 0.4) is 0 Å². The lowest BCUT2D eigenvalue weighted by molar-refractivity contribution is -0.129. The van der Waals surface area contributed by atoms with Gasteiger partial charge in [-0.15, -0.1) is 0 Å². The summed E-state index contributed by atoms with van der Waals surface area (Å²) in [5, 5.41) is 8.33. The van der Waals surface area contributed by atoms with Gasteiger partial charge in [0.15, 0.2) is 0 Å². The van der Waals surface area contributed by atoms with Gasteiger partial charge in [0.25, 0.3) is 0 Å². The quantitative estimate of drug-likeness (QED) is 0.526. The van der Waals surface area contributed by atoms with Crippen LogP contribution in [-0.2, 0) is 4.79 Å². The molecule has 0 atom stereocenters. The molecule has 0 radical (unpaired) electrons. The van der Waals surface area contributed by atoms with E-state index < -0.39 is 0 Å². The Morgan fingerprint density at radius 2 is 2.14 bits per heavy atom. The number of carbonyl (C=O) groups is 1. The van der Waals surface area contributed by atoms with Crippen LogP contribution in [0.2, 0.25) is 0 Å². The summed E-state index contributed by atoms with van der Waals surface area (Å²) < 4.78 is 0. The lowest BCUT2D eigenvalue weighted by Gasteiger charge is -2.31. The van der Waals surface area contributed by atoms with Gasteiger partial charge in [-0.2, -0.15) is 0 Å². The third kappa shape index (κ3) is 3.64. The van der Waals surface area contributed by atoms with Gasteiger partial charge in [0.1, 0.15) is 0 Å². The van der Waals surface area contributed by atoms with Crippen molar-refractivity contribution in [2.45, 2.75) is 32.6 Å². The van der Waals surface area contributed by atoms with Gasteiger partial charge in [0, 0.05) is 13.0 Å². The van der Waals surface area contributed by atoms with E-state index in [9.17, 15) is 4.79 Å². The van der Waals surface area contributed by atoms with E-state index >= 15 is 0 Å². The summed E-state index contributed by atoms with van der Waals surface area (Å²) in [6.45, 7) is 5.19. The Kier molecular flexibility index (Phi) is 4.90. The van der Waals surface area contributed by atoms with E-state index in [2.05, 4.69) is 11.8 Å². The van der Waals surface area contributed by atoms with Gasteiger partial charge in [-0.3, -0.25) is 10.0 Å². The highest BCUT2D eigenvalue weighted by atomic mass is 16.5. The van der Waals surface area contributed by atoms with Crippen molar-refractivity contribution in [3.63, 3.8) is 0 Å². The molecule has 0 bridgehead atoms. The molecule has 2 N–H and O–H groups in total. The molecule has 1 saturated heterocycles. The predicted molar refractivity (Wildman–Crippen MR) is 54.0 cm³/mol. The summed E-state index contributed by atoms with van der Waals surface area (Å²) in [6.07, 6.45) is 4.16. The first-order valence-corrected chi connectivity index (χ1v) is 5.41. The minimum absolute atomic E-state index is 0.289. The fourth-order valence-corrected chi connectivity index (χ4v) is 1.93. The number of likely N-dealkylation sites (tertiary alicyclic amines) is 1. The van der Waals surface area contributed by atoms with E-state index in [1.807, 2.05) is 0 Å². The molecule has 1 amide bonds. The number of hydroxylamine groups is 1. The zero-order valence-electron chi connectivity index (χ0n) is 8.83. The smallest absolute Gasteiger partial charge is 0.244 e. The van der Waals surface area contributed by atoms with Crippen LogP contribution in [-0.4, -0.2) is 35.6 Å². The van der Waals surface area contributed by atoms with Crippen LogP contribution in [0.15, 0.2) is 0 Å². The Morgan fingerprint density at radius 1 is 1.50 bits per heavy atom. The molecule has 1 aliphatic heterocycles. The lowest BCUT2D eigenvalue weighted by atomic mass is 9.94. The normalized spacial score (nSPS) is 19.6. The summed E-state index contributed by atoms with van der Waals surface area (Å²) in [4.78, 5) is 13.1. The van der Waals surface area contributed by atoms with Gasteiger partial charge < -0.3 is 4.90 Å². The molecule has 0 aromatic carbocycles. The second kappa shape index (κ2) is 5.98. The van der Waals surface area contributed by atoms with E-state index in [1.54, 1.807) is 5.48 Å². The van der Waals surface area contributed by atoms with Crippen LogP contribution in [0.4, 0.5) is 0 Å². The number of nitrogens with zero attached hydrogens (tertiary/aromatic N) is 1. The van der Waals surface area contributed by atoms with Crippen LogP contribution in [0.5, 0.6) is 0 Å². The summed E-state index contributed by atoms with van der Waals surface area (Å²) in [6, 6.07) is 0. The Bertz CT molecular complexity index is 177. The molecular weight excluding hydrogens is 180 g/mol. The summed E-state index contributed by atoms with van der Waals surface area (Å²) in [5.74, 6) is 0.584. The van der Waals surface area contributed by atoms with Crippen LogP contribution in [0.25, 0.3) is 0 Å². The standard InChI is InChI=1S/C10H20N2O2/c1-2-9-3-6-12(7-4-9)8-5-10(13)11-14/h9,14H,2-8H2,1H3,(H,11,13). The average Bonchev–Trinajstić information content (AvgIpc) is 2.26. The Labute approximate surface area is 85.2 Å². The lowest BCUT2D eigenvalue weighted by Crippen LogP contribution is -2.36. The monoisotopic (exact) mass is 200 g/mol. The molecule has 1 heterocycles. The first-order chi connectivity index (χ1) is 6.76. The largest absolute Gasteiger partial charge is 0.303 e. The third-order valence-corrected chi connectivity index (χ3v) is 3.06. The van der Waals surface area contributed by atoms with Gasteiger partial charge in [0.2, 0.25) is 5.91 Å². The van der Waals surface area contributed by atoms with Crippen molar-refractivity contribution in [1.29, 1.82) is 0 Å². The molecule has 0 aromatic rings. The van der Waals surface area contributed by atoms with Crippen molar-refractivity contribution in [2.24, 2.45) is 5.92 Å². The number of piperidine rings is 1. The molecule has 1 rings (SSSR count). The van der Waals surface area contributed by atoms with Gasteiger partial charge >= 0.3 is 0 Å². The van der Waals surface area contributed by atoms with Crippen molar-refractivity contribution in [3.05, 3.63) is 0 Å². The summed E-state index contributed by atoms with van der Waals surface area (Å²) in [7, 11) is 0. The summed E-state index contributed by atoms with van der Waals surface area (Å²) in [5.41, 5.74) is 1.66. The van der Waals surface area contributed by atoms with Crippen LogP contribution in [0.1, 0.15) is 32.6 Å². The number of rotatable bonds is 4. The molecular formula is C10H20N2O2.